The zero-order chi connectivity index (χ0) is 9.26. The molecule has 70 valence electrons. The Balaban J connectivity index is 2.35. The lowest BCUT2D eigenvalue weighted by Crippen LogP contribution is -2.24. The van der Waals surface area contributed by atoms with Crippen LogP contribution in [0.5, 0.6) is 0 Å². The Morgan fingerprint density at radius 1 is 1.62 bits per heavy atom. The highest BCUT2D eigenvalue weighted by Gasteiger charge is 2.24. The van der Waals surface area contributed by atoms with E-state index >= 15 is 0 Å². The second kappa shape index (κ2) is 3.34. The largest absolute Gasteiger partial charge is 0.329 e. The maximum atomic E-state index is 11.5. The Hall–Kier alpha value is -1.09. The molecule has 1 saturated heterocycles. The molecule has 0 aliphatic carbocycles. The predicted octanol–water partition coefficient (Wildman–Crippen LogP) is 1.14. The molecule has 0 spiro atoms. The van der Waals surface area contributed by atoms with Crippen molar-refractivity contribution in [2.75, 3.05) is 13.6 Å². The predicted molar refractivity (Wildman–Crippen MR) is 51.7 cm³/mol. The van der Waals surface area contributed by atoms with Gasteiger partial charge in [-0.1, -0.05) is 6.07 Å². The fourth-order valence-electron chi connectivity index (χ4n) is 2.00. The zero-order valence-corrected chi connectivity index (χ0v) is 7.79. The molecule has 2 rings (SSSR count). The molecule has 0 radical (unpaired) electrons. The maximum Gasteiger partial charge on any atom is 0.252 e. The monoisotopic (exact) mass is 178 g/mol. The highest BCUT2D eigenvalue weighted by atomic mass is 16.1. The van der Waals surface area contributed by atoms with Crippen LogP contribution in [-0.2, 0) is 0 Å². The van der Waals surface area contributed by atoms with E-state index in [1.165, 1.54) is 6.42 Å². The van der Waals surface area contributed by atoms with E-state index in [1.807, 2.05) is 12.1 Å². The van der Waals surface area contributed by atoms with E-state index in [2.05, 4.69) is 16.9 Å². The minimum absolute atomic E-state index is 0.0567. The normalized spacial score (nSPS) is 23.6. The summed E-state index contributed by atoms with van der Waals surface area (Å²) in [4.78, 5) is 16.4. The first-order valence-corrected chi connectivity index (χ1v) is 4.67. The van der Waals surface area contributed by atoms with E-state index in [1.54, 1.807) is 6.20 Å². The van der Waals surface area contributed by atoms with Crippen LogP contribution in [0.15, 0.2) is 23.1 Å². The van der Waals surface area contributed by atoms with Crippen LogP contribution in [0.3, 0.4) is 0 Å². The molecule has 0 aromatic carbocycles. The third-order valence-electron chi connectivity index (χ3n) is 2.73. The molecule has 0 amide bonds. The standard InChI is InChI=1S/C10H14N2O/c1-12-7-3-5-9(12)8-4-2-6-11-10(8)13/h2,4,6,9H,3,5,7H2,1H3,(H,11,13)/t9-/m1/s1. The number of hydrogen-bond donors (Lipinski definition) is 1. The van der Waals surface area contributed by atoms with Gasteiger partial charge in [-0.25, -0.2) is 0 Å². The van der Waals surface area contributed by atoms with Crippen molar-refractivity contribution in [1.29, 1.82) is 0 Å². The van der Waals surface area contributed by atoms with Crippen molar-refractivity contribution in [2.45, 2.75) is 18.9 Å². The summed E-state index contributed by atoms with van der Waals surface area (Å²) in [5, 5.41) is 0. The van der Waals surface area contributed by atoms with E-state index in [0.717, 1.165) is 18.5 Å². The molecule has 2 heterocycles. The molecule has 3 nitrogen and oxygen atoms in total. The maximum absolute atomic E-state index is 11.5. The molecule has 1 aromatic rings. The van der Waals surface area contributed by atoms with Crippen molar-refractivity contribution in [2.24, 2.45) is 0 Å². The van der Waals surface area contributed by atoms with Gasteiger partial charge in [-0.05, 0) is 32.5 Å². The Morgan fingerprint density at radius 3 is 3.08 bits per heavy atom. The van der Waals surface area contributed by atoms with E-state index < -0.39 is 0 Å². The van der Waals surface area contributed by atoms with Gasteiger partial charge in [0, 0.05) is 17.8 Å². The number of nitrogens with zero attached hydrogens (tertiary/aromatic N) is 1. The van der Waals surface area contributed by atoms with E-state index in [0.29, 0.717) is 6.04 Å². The van der Waals surface area contributed by atoms with Gasteiger partial charge in [0.05, 0.1) is 0 Å². The molecule has 13 heavy (non-hydrogen) atoms. The van der Waals surface area contributed by atoms with Crippen molar-refractivity contribution in [1.82, 2.24) is 9.88 Å². The first-order valence-electron chi connectivity index (χ1n) is 4.67. The molecule has 1 fully saturated rings. The number of nitrogens with one attached hydrogen (secondary N) is 1. The van der Waals surface area contributed by atoms with Crippen molar-refractivity contribution in [3.63, 3.8) is 0 Å². The second-order valence-electron chi connectivity index (χ2n) is 3.59. The molecular weight excluding hydrogens is 164 g/mol. The van der Waals surface area contributed by atoms with Crippen LogP contribution >= 0.6 is 0 Å². The summed E-state index contributed by atoms with van der Waals surface area (Å²) >= 11 is 0. The van der Waals surface area contributed by atoms with Crippen LogP contribution in [-0.4, -0.2) is 23.5 Å². The van der Waals surface area contributed by atoms with Gasteiger partial charge < -0.3 is 4.98 Å². The number of aromatic amines is 1. The summed E-state index contributed by atoms with van der Waals surface area (Å²) in [6.45, 7) is 1.10. The van der Waals surface area contributed by atoms with Gasteiger partial charge >= 0.3 is 0 Å². The second-order valence-corrected chi connectivity index (χ2v) is 3.59. The van der Waals surface area contributed by atoms with Crippen molar-refractivity contribution < 1.29 is 0 Å². The molecule has 1 aromatic heterocycles. The van der Waals surface area contributed by atoms with Gasteiger partial charge in [0.2, 0.25) is 0 Å². The van der Waals surface area contributed by atoms with Crippen LogP contribution in [0, 0.1) is 0 Å². The highest BCUT2D eigenvalue weighted by Crippen LogP contribution is 2.27. The van der Waals surface area contributed by atoms with Crippen LogP contribution in [0.4, 0.5) is 0 Å². The molecular formula is C10H14N2O. The summed E-state index contributed by atoms with van der Waals surface area (Å²) in [5.41, 5.74) is 0.962. The topological polar surface area (TPSA) is 36.1 Å². The number of likely N-dealkylation sites (tertiary alicyclic amines) is 1. The molecule has 1 aliphatic heterocycles. The van der Waals surface area contributed by atoms with Gasteiger partial charge in [0.1, 0.15) is 0 Å². The SMILES string of the molecule is CN1CCC[C@@H]1c1ccc[nH]c1=O. The molecule has 0 saturated carbocycles. The minimum atomic E-state index is 0.0567. The molecule has 1 aliphatic rings. The molecule has 0 unspecified atom stereocenters. The first kappa shape index (κ1) is 8.51. The van der Waals surface area contributed by atoms with E-state index in [4.69, 9.17) is 0 Å². The van der Waals surface area contributed by atoms with Crippen LogP contribution in [0.1, 0.15) is 24.4 Å². The zero-order valence-electron chi connectivity index (χ0n) is 7.79. The lowest BCUT2D eigenvalue weighted by molar-refractivity contribution is 0.315. The molecule has 3 heteroatoms. The van der Waals surface area contributed by atoms with Crippen LogP contribution < -0.4 is 5.56 Å². The number of H-pyrrole nitrogens is 1. The number of aromatic nitrogens is 1. The molecule has 0 bridgehead atoms. The van der Waals surface area contributed by atoms with Crippen molar-refractivity contribution in [3.05, 3.63) is 34.2 Å². The third kappa shape index (κ3) is 1.52. The summed E-state index contributed by atoms with van der Waals surface area (Å²) in [6, 6.07) is 4.14. The summed E-state index contributed by atoms with van der Waals surface area (Å²) in [7, 11) is 2.07. The fourth-order valence-corrected chi connectivity index (χ4v) is 2.00. The highest BCUT2D eigenvalue weighted by molar-refractivity contribution is 5.15. The summed E-state index contributed by atoms with van der Waals surface area (Å²) < 4.78 is 0. The van der Waals surface area contributed by atoms with Gasteiger partial charge in [-0.2, -0.15) is 0 Å². The van der Waals surface area contributed by atoms with Crippen molar-refractivity contribution >= 4 is 0 Å². The number of rotatable bonds is 1. The Morgan fingerprint density at radius 2 is 2.46 bits per heavy atom. The summed E-state index contributed by atoms with van der Waals surface area (Å²) in [5.74, 6) is 0. The lowest BCUT2D eigenvalue weighted by atomic mass is 10.1. The lowest BCUT2D eigenvalue weighted by Gasteiger charge is -2.18. The van der Waals surface area contributed by atoms with Gasteiger partial charge in [-0.15, -0.1) is 0 Å². The Kier molecular flexibility index (Phi) is 2.19. The average molecular weight is 178 g/mol. The van der Waals surface area contributed by atoms with Crippen molar-refractivity contribution in [3.8, 4) is 0 Å². The number of hydrogen-bond acceptors (Lipinski definition) is 2. The quantitative estimate of drug-likeness (QED) is 0.700. The average Bonchev–Trinajstić information content (AvgIpc) is 2.52. The van der Waals surface area contributed by atoms with Gasteiger partial charge in [-0.3, -0.25) is 9.69 Å². The van der Waals surface area contributed by atoms with E-state index in [9.17, 15) is 4.79 Å². The first-order chi connectivity index (χ1) is 6.29. The number of pyridine rings is 1. The molecule has 1 atom stereocenters. The minimum Gasteiger partial charge on any atom is -0.329 e. The summed E-state index contributed by atoms with van der Waals surface area (Å²) in [6.07, 6.45) is 3.97. The van der Waals surface area contributed by atoms with Gasteiger partial charge in [0.25, 0.3) is 5.56 Å². The fraction of sp³-hybridized carbons (Fsp3) is 0.500. The molecule has 1 N–H and O–H groups in total. The Labute approximate surface area is 77.4 Å². The van der Waals surface area contributed by atoms with Crippen LogP contribution in [0.2, 0.25) is 0 Å². The smallest absolute Gasteiger partial charge is 0.252 e. The third-order valence-corrected chi connectivity index (χ3v) is 2.73. The van der Waals surface area contributed by atoms with Gasteiger partial charge in [0.15, 0.2) is 0 Å². The van der Waals surface area contributed by atoms with E-state index in [-0.39, 0.29) is 5.56 Å². The Bertz CT molecular complexity index is 345. The van der Waals surface area contributed by atoms with Crippen LogP contribution in [0.25, 0.3) is 0 Å².